The zero-order valence-electron chi connectivity index (χ0n) is 37.4. The van der Waals surface area contributed by atoms with Gasteiger partial charge in [-0.15, -0.1) is 0 Å². The highest BCUT2D eigenvalue weighted by Crippen LogP contribution is 2.51. The second-order valence-corrected chi connectivity index (χ2v) is 18.2. The van der Waals surface area contributed by atoms with E-state index in [1.165, 1.54) is 94.1 Å². The summed E-state index contributed by atoms with van der Waals surface area (Å²) in [5.74, 6) is 0. The van der Waals surface area contributed by atoms with Gasteiger partial charge >= 0.3 is 0 Å². The van der Waals surface area contributed by atoms with Crippen LogP contribution in [0, 0.1) is 6.92 Å². The summed E-state index contributed by atoms with van der Waals surface area (Å²) in [6, 6.07) is 87.0. The Morgan fingerprint density at radius 2 is 0.879 bits per heavy atom. The van der Waals surface area contributed by atoms with Gasteiger partial charge in [0, 0.05) is 44.5 Å². The van der Waals surface area contributed by atoms with Crippen molar-refractivity contribution in [1.82, 2.24) is 4.57 Å². The summed E-state index contributed by atoms with van der Waals surface area (Å²) in [6.07, 6.45) is 0. The van der Waals surface area contributed by atoms with Gasteiger partial charge in [0.15, 0.2) is 0 Å². The number of benzene rings is 10. The van der Waals surface area contributed by atoms with Crippen molar-refractivity contribution in [1.29, 1.82) is 0 Å². The summed E-state index contributed by atoms with van der Waals surface area (Å²) in [7, 11) is 0. The summed E-state index contributed by atoms with van der Waals surface area (Å²) >= 11 is 0. The lowest BCUT2D eigenvalue weighted by Crippen LogP contribution is -2.16. The largest absolute Gasteiger partial charge is 0.310 e. The Morgan fingerprint density at radius 1 is 0.364 bits per heavy atom. The molecule has 12 rings (SSSR count). The molecule has 1 aliphatic carbocycles. The first-order valence-electron chi connectivity index (χ1n) is 23.0. The van der Waals surface area contributed by atoms with Crippen LogP contribution >= 0.6 is 0 Å². The normalized spacial score (nSPS) is 12.6. The molecule has 0 spiro atoms. The number of anilines is 3. The number of hydrogen-bond donors (Lipinski definition) is 0. The lowest BCUT2D eigenvalue weighted by Gasteiger charge is -2.28. The lowest BCUT2D eigenvalue weighted by molar-refractivity contribution is 0.660. The summed E-state index contributed by atoms with van der Waals surface area (Å²) in [6.45, 7) is 6.87. The first-order chi connectivity index (χ1) is 32.4. The highest BCUT2D eigenvalue weighted by molar-refractivity contribution is 6.20. The maximum absolute atomic E-state index is 2.51. The molecule has 1 aliphatic rings. The number of rotatable bonds is 8. The first kappa shape index (κ1) is 39.4. The predicted octanol–water partition coefficient (Wildman–Crippen LogP) is 17.5. The van der Waals surface area contributed by atoms with E-state index in [9.17, 15) is 0 Å². The quantitative estimate of drug-likeness (QED) is 0.148. The Labute approximate surface area is 387 Å². The smallest absolute Gasteiger partial charge is 0.0620 e. The van der Waals surface area contributed by atoms with Crippen LogP contribution in [0.5, 0.6) is 0 Å². The van der Waals surface area contributed by atoms with E-state index in [1.54, 1.807) is 0 Å². The van der Waals surface area contributed by atoms with E-state index in [2.05, 4.69) is 267 Å². The molecule has 66 heavy (non-hydrogen) atoms. The van der Waals surface area contributed by atoms with Gasteiger partial charge in [-0.25, -0.2) is 0 Å². The van der Waals surface area contributed by atoms with Gasteiger partial charge in [-0.05, 0) is 123 Å². The molecule has 0 saturated carbocycles. The first-order valence-corrected chi connectivity index (χ1v) is 23.0. The van der Waals surface area contributed by atoms with E-state index in [0.717, 1.165) is 22.7 Å². The molecule has 2 nitrogen and oxygen atoms in total. The van der Waals surface area contributed by atoms with Crippen LogP contribution < -0.4 is 4.90 Å². The van der Waals surface area contributed by atoms with Crippen LogP contribution in [-0.2, 0) is 5.41 Å². The predicted molar refractivity (Wildman–Crippen MR) is 280 cm³/mol. The highest BCUT2D eigenvalue weighted by atomic mass is 15.1. The van der Waals surface area contributed by atoms with Gasteiger partial charge in [-0.3, -0.25) is 0 Å². The average Bonchev–Trinajstić information content (AvgIpc) is 3.84. The van der Waals surface area contributed by atoms with Crippen molar-refractivity contribution in [3.05, 3.63) is 253 Å². The minimum atomic E-state index is -0.103. The third-order valence-corrected chi connectivity index (χ3v) is 13.9. The Hall–Kier alpha value is -8.20. The van der Waals surface area contributed by atoms with Crippen LogP contribution in [-0.4, -0.2) is 4.57 Å². The van der Waals surface area contributed by atoms with Crippen molar-refractivity contribution in [3.63, 3.8) is 0 Å². The maximum Gasteiger partial charge on any atom is 0.0620 e. The van der Waals surface area contributed by atoms with Crippen LogP contribution in [0.4, 0.5) is 17.1 Å². The standard InChI is InChI=1S/C64H48N2/c1-43-27-33-49(34-28-43)65(52-39-40-55-54-24-15-16-26-59(54)64(2,3)60(55)41-52)50-37-31-46(32-38-50)57-42-58-61(47-19-9-5-10-20-47)62(48-21-11-6-12-22-48)66(63(58)56-25-14-13-23-53(56)57)51-35-29-45(30-36-51)44-17-7-4-8-18-44/h4-42H,1-3H3. The van der Waals surface area contributed by atoms with E-state index < -0.39 is 0 Å². The molecule has 2 heteroatoms. The number of aryl methyl sites for hydroxylation is 1. The highest BCUT2D eigenvalue weighted by Gasteiger charge is 2.36. The molecule has 11 aromatic rings. The van der Waals surface area contributed by atoms with Crippen LogP contribution in [0.3, 0.4) is 0 Å². The van der Waals surface area contributed by atoms with Gasteiger partial charge in [0.05, 0.1) is 11.2 Å². The number of hydrogen-bond acceptors (Lipinski definition) is 1. The van der Waals surface area contributed by atoms with Gasteiger partial charge in [0.1, 0.15) is 0 Å². The molecular formula is C64H48N2. The van der Waals surface area contributed by atoms with Gasteiger partial charge in [-0.2, -0.15) is 0 Å². The second kappa shape index (κ2) is 15.8. The van der Waals surface area contributed by atoms with Crippen molar-refractivity contribution < 1.29 is 0 Å². The minimum Gasteiger partial charge on any atom is -0.310 e. The molecule has 0 saturated heterocycles. The van der Waals surface area contributed by atoms with E-state index in [4.69, 9.17) is 0 Å². The molecule has 0 aliphatic heterocycles. The fourth-order valence-corrected chi connectivity index (χ4v) is 10.6. The van der Waals surface area contributed by atoms with Crippen LogP contribution in [0.1, 0.15) is 30.5 Å². The average molecular weight is 845 g/mol. The Kier molecular flexibility index (Phi) is 9.43. The number of aromatic nitrogens is 1. The van der Waals surface area contributed by atoms with Crippen molar-refractivity contribution in [2.45, 2.75) is 26.2 Å². The fourth-order valence-electron chi connectivity index (χ4n) is 10.6. The van der Waals surface area contributed by atoms with Gasteiger partial charge in [-0.1, -0.05) is 201 Å². The number of fused-ring (bicyclic) bond motifs is 6. The second-order valence-electron chi connectivity index (χ2n) is 18.2. The molecule has 0 N–H and O–H groups in total. The molecule has 0 unspecified atom stereocenters. The van der Waals surface area contributed by atoms with Crippen LogP contribution in [0.25, 0.3) is 83.1 Å². The van der Waals surface area contributed by atoms with Gasteiger partial charge < -0.3 is 9.47 Å². The maximum atomic E-state index is 2.51. The molecule has 1 aromatic heterocycles. The lowest BCUT2D eigenvalue weighted by atomic mass is 9.82. The van der Waals surface area contributed by atoms with E-state index >= 15 is 0 Å². The van der Waals surface area contributed by atoms with E-state index in [0.29, 0.717) is 0 Å². The summed E-state index contributed by atoms with van der Waals surface area (Å²) < 4.78 is 2.51. The third-order valence-electron chi connectivity index (χ3n) is 13.9. The van der Waals surface area contributed by atoms with Crippen molar-refractivity contribution >= 4 is 38.7 Å². The van der Waals surface area contributed by atoms with E-state index in [1.807, 2.05) is 0 Å². The van der Waals surface area contributed by atoms with Crippen LogP contribution in [0.2, 0.25) is 0 Å². The minimum absolute atomic E-state index is 0.103. The van der Waals surface area contributed by atoms with E-state index in [-0.39, 0.29) is 5.41 Å². The molecule has 314 valence electrons. The molecule has 10 aromatic carbocycles. The molecule has 0 amide bonds. The molecular weight excluding hydrogens is 797 g/mol. The Bertz CT molecular complexity index is 3570. The topological polar surface area (TPSA) is 8.17 Å². The van der Waals surface area contributed by atoms with Crippen molar-refractivity contribution in [2.75, 3.05) is 4.90 Å². The fraction of sp³-hybridized carbons (Fsp3) is 0.0625. The molecule has 0 fully saturated rings. The third kappa shape index (κ3) is 6.48. The summed E-state index contributed by atoms with van der Waals surface area (Å²) in [5, 5.41) is 3.64. The molecule has 0 atom stereocenters. The Balaban J connectivity index is 1.05. The van der Waals surface area contributed by atoms with Crippen molar-refractivity contribution in [3.8, 4) is 61.5 Å². The molecule has 1 heterocycles. The monoisotopic (exact) mass is 844 g/mol. The zero-order chi connectivity index (χ0) is 44.4. The van der Waals surface area contributed by atoms with Gasteiger partial charge in [0.25, 0.3) is 0 Å². The Morgan fingerprint density at radius 3 is 1.56 bits per heavy atom. The van der Waals surface area contributed by atoms with Gasteiger partial charge in [0.2, 0.25) is 0 Å². The SMILES string of the molecule is Cc1ccc(N(c2ccc(-c3cc4c(-c5ccccc5)c(-c5ccccc5)n(-c5ccc(-c6ccccc6)cc5)c4c4ccccc34)cc2)c2ccc3c(c2)C(C)(C)c2ccccc2-3)cc1. The molecule has 0 radical (unpaired) electrons. The molecule has 0 bridgehead atoms. The van der Waals surface area contributed by atoms with Crippen molar-refractivity contribution in [2.24, 2.45) is 0 Å². The summed E-state index contributed by atoms with van der Waals surface area (Å²) in [4.78, 5) is 2.41. The van der Waals surface area contributed by atoms with Crippen LogP contribution in [0.15, 0.2) is 237 Å². The number of nitrogens with zero attached hydrogens (tertiary/aromatic N) is 2. The zero-order valence-corrected chi connectivity index (χ0v) is 37.4. The summed E-state index contributed by atoms with van der Waals surface area (Å²) in [5.41, 5.74) is 21.8.